The molecule has 4 amide bonds. The van der Waals surface area contributed by atoms with E-state index >= 15 is 0 Å². The number of hydrazone groups is 1. The topological polar surface area (TPSA) is 153 Å². The highest BCUT2D eigenvalue weighted by Crippen LogP contribution is 2.16. The molecule has 0 saturated carbocycles. The monoisotopic (exact) mass is 544 g/mol. The quantitative estimate of drug-likeness (QED) is 0.178. The van der Waals surface area contributed by atoms with Crippen LogP contribution in [0.3, 0.4) is 0 Å². The van der Waals surface area contributed by atoms with Crippen LogP contribution in [0.1, 0.15) is 38.1 Å². The Morgan fingerprint density at radius 2 is 1.32 bits per heavy atom. The van der Waals surface area contributed by atoms with Gasteiger partial charge in [0, 0.05) is 10.0 Å². The van der Waals surface area contributed by atoms with Crippen molar-refractivity contribution in [3.63, 3.8) is 0 Å². The Labute approximate surface area is 204 Å². The maximum Gasteiger partial charge on any atom is 0.439 e. The first kappa shape index (κ1) is 28.4. The minimum Gasteiger partial charge on any atom is -0.449 e. The summed E-state index contributed by atoms with van der Waals surface area (Å²) in [4.78, 5) is 63.3. The second kappa shape index (κ2) is 14.5. The largest absolute Gasteiger partial charge is 0.449 e. The van der Waals surface area contributed by atoms with Crippen molar-refractivity contribution in [3.05, 3.63) is 34.3 Å². The standard InChI is InChI=1S/C20H25BrN4O9/c1-5-31-17(27)23-22-16(15(26)13-10-9-11-14(21)12-13)24(18(28)32-6-2)25(19(29)33-7-3)20(30)34-8-4/h9-12H,5-8H2,1-4H3,(H,23,27)/b22-16+. The Bertz CT molecular complexity index is 920. The number of nitrogens with zero attached hydrogens (tertiary/aromatic N) is 3. The molecule has 0 heterocycles. The molecule has 1 aromatic rings. The molecular formula is C20H25BrN4O9. The number of carbonyl (C=O) groups excluding carboxylic acids is 5. The van der Waals surface area contributed by atoms with Crippen molar-refractivity contribution < 1.29 is 42.9 Å². The summed E-state index contributed by atoms with van der Waals surface area (Å²) in [6.07, 6.45) is -5.14. The number of amides is 4. The molecule has 0 aliphatic rings. The van der Waals surface area contributed by atoms with E-state index in [4.69, 9.17) is 18.9 Å². The first-order chi connectivity index (χ1) is 16.2. The third-order valence-electron chi connectivity index (χ3n) is 3.54. The van der Waals surface area contributed by atoms with E-state index in [1.165, 1.54) is 45.9 Å². The minimum atomic E-state index is -1.36. The second-order valence-electron chi connectivity index (χ2n) is 5.83. The third-order valence-corrected chi connectivity index (χ3v) is 4.03. The van der Waals surface area contributed by atoms with Crippen molar-refractivity contribution in [1.82, 2.24) is 15.4 Å². The summed E-state index contributed by atoms with van der Waals surface area (Å²) in [5.41, 5.74) is 1.92. The minimum absolute atomic E-state index is 0.0132. The van der Waals surface area contributed by atoms with Gasteiger partial charge in [-0.1, -0.05) is 28.1 Å². The number of rotatable bonds is 7. The van der Waals surface area contributed by atoms with Gasteiger partial charge in [-0.05, 0) is 39.8 Å². The summed E-state index contributed by atoms with van der Waals surface area (Å²) in [6.45, 7) is 5.33. The van der Waals surface area contributed by atoms with Crippen LogP contribution in [0.4, 0.5) is 19.2 Å². The molecule has 14 heteroatoms. The van der Waals surface area contributed by atoms with E-state index in [0.29, 0.717) is 4.47 Å². The van der Waals surface area contributed by atoms with E-state index in [-0.39, 0.29) is 42.0 Å². The summed E-state index contributed by atoms with van der Waals surface area (Å²) in [5.74, 6) is -1.85. The van der Waals surface area contributed by atoms with Crippen LogP contribution in [0.15, 0.2) is 33.8 Å². The van der Waals surface area contributed by atoms with Crippen molar-refractivity contribution in [1.29, 1.82) is 0 Å². The molecule has 186 valence electrons. The van der Waals surface area contributed by atoms with Gasteiger partial charge >= 0.3 is 24.4 Å². The lowest BCUT2D eigenvalue weighted by Crippen LogP contribution is -2.58. The maximum atomic E-state index is 13.4. The van der Waals surface area contributed by atoms with Crippen LogP contribution >= 0.6 is 15.9 Å². The first-order valence-corrected chi connectivity index (χ1v) is 10.9. The van der Waals surface area contributed by atoms with Gasteiger partial charge in [0.25, 0.3) is 0 Å². The van der Waals surface area contributed by atoms with Gasteiger partial charge < -0.3 is 18.9 Å². The Kier molecular flexibility index (Phi) is 12.1. The molecule has 1 aromatic carbocycles. The summed E-state index contributed by atoms with van der Waals surface area (Å²) < 4.78 is 19.8. The number of Topliss-reactive ketones (excluding diaryl/α,β-unsaturated/α-hetero) is 1. The number of hydrogen-bond donors (Lipinski definition) is 1. The van der Waals surface area contributed by atoms with E-state index in [1.54, 1.807) is 6.07 Å². The molecule has 0 aromatic heterocycles. The van der Waals surface area contributed by atoms with E-state index in [9.17, 15) is 24.0 Å². The van der Waals surface area contributed by atoms with Crippen LogP contribution in [0.25, 0.3) is 0 Å². The van der Waals surface area contributed by atoms with Crippen molar-refractivity contribution in [2.24, 2.45) is 5.10 Å². The number of amidine groups is 1. The molecule has 0 bridgehead atoms. The lowest BCUT2D eigenvalue weighted by atomic mass is 10.1. The zero-order valence-corrected chi connectivity index (χ0v) is 20.6. The predicted molar refractivity (Wildman–Crippen MR) is 121 cm³/mol. The average molecular weight is 545 g/mol. The van der Waals surface area contributed by atoms with Crippen LogP contribution in [0.2, 0.25) is 0 Å². The van der Waals surface area contributed by atoms with E-state index in [2.05, 4.69) is 21.0 Å². The molecule has 34 heavy (non-hydrogen) atoms. The van der Waals surface area contributed by atoms with Crippen molar-refractivity contribution in [2.45, 2.75) is 27.7 Å². The highest BCUT2D eigenvalue weighted by Gasteiger charge is 2.42. The molecule has 1 rings (SSSR count). The number of benzene rings is 1. The molecule has 0 aliphatic heterocycles. The fraction of sp³-hybridized carbons (Fsp3) is 0.400. The normalized spacial score (nSPS) is 10.6. The SMILES string of the molecule is CCOC(=O)N/N=C(\C(=O)c1cccc(Br)c1)N(C(=O)OCC)N(C(=O)OCC)C(=O)OCC. The van der Waals surface area contributed by atoms with E-state index in [1.807, 2.05) is 5.43 Å². The van der Waals surface area contributed by atoms with Gasteiger partial charge in [-0.25, -0.2) is 24.6 Å². The third kappa shape index (κ3) is 8.03. The zero-order valence-electron chi connectivity index (χ0n) is 19.0. The molecule has 0 unspecified atom stereocenters. The van der Waals surface area contributed by atoms with E-state index < -0.39 is 36.0 Å². The smallest absolute Gasteiger partial charge is 0.439 e. The lowest BCUT2D eigenvalue weighted by molar-refractivity contribution is 0.0118. The van der Waals surface area contributed by atoms with Crippen LogP contribution in [-0.4, -0.2) is 72.4 Å². The highest BCUT2D eigenvalue weighted by atomic mass is 79.9. The summed E-state index contributed by atoms with van der Waals surface area (Å²) in [5, 5.41) is 3.97. The number of ether oxygens (including phenoxy) is 4. The Hall–Kier alpha value is -3.68. The van der Waals surface area contributed by atoms with Gasteiger partial charge in [-0.2, -0.15) is 0 Å². The molecule has 0 atom stereocenters. The van der Waals surface area contributed by atoms with Crippen LogP contribution < -0.4 is 5.43 Å². The van der Waals surface area contributed by atoms with Gasteiger partial charge in [-0.3, -0.25) is 4.79 Å². The summed E-state index contributed by atoms with van der Waals surface area (Å²) in [7, 11) is 0. The van der Waals surface area contributed by atoms with E-state index in [0.717, 1.165) is 0 Å². The molecule has 13 nitrogen and oxygen atoms in total. The Morgan fingerprint density at radius 3 is 1.79 bits per heavy atom. The fourth-order valence-corrected chi connectivity index (χ4v) is 2.67. The highest BCUT2D eigenvalue weighted by molar-refractivity contribution is 9.10. The number of nitrogens with one attached hydrogen (secondary N) is 1. The average Bonchev–Trinajstić information content (AvgIpc) is 2.78. The van der Waals surface area contributed by atoms with Gasteiger partial charge in [-0.15, -0.1) is 15.1 Å². The zero-order chi connectivity index (χ0) is 25.7. The number of hydrazine groups is 1. The van der Waals surface area contributed by atoms with Gasteiger partial charge in [0.2, 0.25) is 11.6 Å². The van der Waals surface area contributed by atoms with Crippen LogP contribution in [0.5, 0.6) is 0 Å². The Morgan fingerprint density at radius 1 is 0.824 bits per heavy atom. The summed E-state index contributed by atoms with van der Waals surface area (Å²) >= 11 is 3.22. The molecule has 1 N–H and O–H groups in total. The van der Waals surface area contributed by atoms with Crippen molar-refractivity contribution in [3.8, 4) is 0 Å². The molecular weight excluding hydrogens is 520 g/mol. The predicted octanol–water partition coefficient (Wildman–Crippen LogP) is 3.68. The van der Waals surface area contributed by atoms with Crippen molar-refractivity contribution in [2.75, 3.05) is 26.4 Å². The van der Waals surface area contributed by atoms with Gasteiger partial charge in [0.15, 0.2) is 0 Å². The fourth-order valence-electron chi connectivity index (χ4n) is 2.27. The van der Waals surface area contributed by atoms with Crippen LogP contribution in [-0.2, 0) is 18.9 Å². The van der Waals surface area contributed by atoms with Crippen LogP contribution in [0, 0.1) is 0 Å². The van der Waals surface area contributed by atoms with Crippen molar-refractivity contribution >= 4 is 51.9 Å². The van der Waals surface area contributed by atoms with Gasteiger partial charge in [0.1, 0.15) is 0 Å². The first-order valence-electron chi connectivity index (χ1n) is 10.1. The molecule has 0 spiro atoms. The molecule has 0 aliphatic carbocycles. The maximum absolute atomic E-state index is 13.4. The lowest BCUT2D eigenvalue weighted by Gasteiger charge is -2.30. The van der Waals surface area contributed by atoms with Gasteiger partial charge in [0.05, 0.1) is 26.4 Å². The molecule has 0 radical (unpaired) electrons. The molecule has 0 saturated heterocycles. The molecule has 0 fully saturated rings. The Balaban J connectivity index is 3.73. The number of halogens is 1. The second-order valence-corrected chi connectivity index (χ2v) is 6.74. The number of hydrogen-bond acceptors (Lipinski definition) is 10. The number of ketones is 1. The number of carbonyl (C=O) groups is 5. The number of imide groups is 1. The summed E-state index contributed by atoms with van der Waals surface area (Å²) in [6, 6.07) is 5.94.